The van der Waals surface area contributed by atoms with Crippen LogP contribution in [0.15, 0.2) is 16.5 Å². The molecule has 1 N–H and O–H groups in total. The molecule has 2 amide bonds. The standard InChI is InChI=1S/C12H14N2O3/c1-7-2-3-8(17-7)4-14-5-9-10(6-14)12(16)13-11(9)15/h2-3,9-10H,4-6H2,1H3,(H,13,15,16)/t9-,10+. The number of carbonyl (C=O) groups is 2. The van der Waals surface area contributed by atoms with Crippen LogP contribution < -0.4 is 5.32 Å². The quantitative estimate of drug-likeness (QED) is 0.747. The van der Waals surface area contributed by atoms with Crippen molar-refractivity contribution in [3.05, 3.63) is 23.7 Å². The van der Waals surface area contributed by atoms with Crippen molar-refractivity contribution in [2.45, 2.75) is 13.5 Å². The van der Waals surface area contributed by atoms with Gasteiger partial charge >= 0.3 is 0 Å². The topological polar surface area (TPSA) is 62.6 Å². The van der Waals surface area contributed by atoms with Gasteiger partial charge in [-0.25, -0.2) is 0 Å². The van der Waals surface area contributed by atoms with E-state index in [-0.39, 0.29) is 23.7 Å². The predicted molar refractivity (Wildman–Crippen MR) is 58.9 cm³/mol. The lowest BCUT2D eigenvalue weighted by atomic mass is 10.00. The molecule has 2 aliphatic heterocycles. The van der Waals surface area contributed by atoms with Crippen molar-refractivity contribution < 1.29 is 14.0 Å². The molecule has 2 saturated heterocycles. The van der Waals surface area contributed by atoms with Gasteiger partial charge in [0.05, 0.1) is 18.4 Å². The first-order chi connectivity index (χ1) is 8.13. The first-order valence-corrected chi connectivity index (χ1v) is 5.76. The Morgan fingerprint density at radius 3 is 2.47 bits per heavy atom. The molecule has 5 nitrogen and oxygen atoms in total. The molecule has 1 aromatic heterocycles. The summed E-state index contributed by atoms with van der Waals surface area (Å²) in [4.78, 5) is 25.1. The Balaban J connectivity index is 1.69. The average Bonchev–Trinajstić information content (AvgIpc) is 2.90. The number of rotatable bonds is 2. The van der Waals surface area contributed by atoms with Crippen LogP contribution in [0.4, 0.5) is 0 Å². The third-order valence-corrected chi connectivity index (χ3v) is 3.49. The Bertz CT molecular complexity index is 458. The first kappa shape index (κ1) is 10.5. The number of carbonyl (C=O) groups excluding carboxylic acids is 2. The highest BCUT2D eigenvalue weighted by molar-refractivity contribution is 6.05. The Hall–Kier alpha value is -1.62. The molecule has 5 heteroatoms. The van der Waals surface area contributed by atoms with Gasteiger partial charge in [-0.3, -0.25) is 19.8 Å². The maximum atomic E-state index is 11.5. The zero-order valence-corrected chi connectivity index (χ0v) is 9.60. The minimum Gasteiger partial charge on any atom is -0.465 e. The second-order valence-corrected chi connectivity index (χ2v) is 4.77. The average molecular weight is 234 g/mol. The number of hydrogen-bond donors (Lipinski definition) is 1. The summed E-state index contributed by atoms with van der Waals surface area (Å²) in [5, 5.41) is 2.38. The largest absolute Gasteiger partial charge is 0.465 e. The SMILES string of the molecule is Cc1ccc(CN2C[C@@H]3C(=O)NC(=O)[C@@H]3C2)o1. The van der Waals surface area contributed by atoms with Crippen molar-refractivity contribution in [1.82, 2.24) is 10.2 Å². The van der Waals surface area contributed by atoms with Gasteiger partial charge in [0, 0.05) is 13.1 Å². The highest BCUT2D eigenvalue weighted by Gasteiger charge is 2.47. The van der Waals surface area contributed by atoms with Crippen molar-refractivity contribution in [1.29, 1.82) is 0 Å². The summed E-state index contributed by atoms with van der Waals surface area (Å²) in [7, 11) is 0. The molecule has 0 aromatic carbocycles. The number of aryl methyl sites for hydroxylation is 1. The van der Waals surface area contributed by atoms with E-state index in [1.807, 2.05) is 19.1 Å². The van der Waals surface area contributed by atoms with E-state index >= 15 is 0 Å². The summed E-state index contributed by atoms with van der Waals surface area (Å²) in [5.74, 6) is 1.18. The van der Waals surface area contributed by atoms with Crippen molar-refractivity contribution in [2.75, 3.05) is 13.1 Å². The molecule has 0 bridgehead atoms. The third kappa shape index (κ3) is 1.76. The van der Waals surface area contributed by atoms with Gasteiger partial charge in [-0.15, -0.1) is 0 Å². The van der Waals surface area contributed by atoms with Crippen LogP contribution in [0, 0.1) is 18.8 Å². The zero-order valence-electron chi connectivity index (χ0n) is 9.60. The smallest absolute Gasteiger partial charge is 0.231 e. The van der Waals surface area contributed by atoms with Gasteiger partial charge in [-0.05, 0) is 19.1 Å². The number of fused-ring (bicyclic) bond motifs is 1. The predicted octanol–water partition coefficient (Wildman–Crippen LogP) is 0.292. The van der Waals surface area contributed by atoms with Crippen LogP contribution in [0.25, 0.3) is 0 Å². The van der Waals surface area contributed by atoms with Crippen LogP contribution in [0.3, 0.4) is 0 Å². The molecule has 0 aliphatic carbocycles. The Kier molecular flexibility index (Phi) is 2.29. The summed E-state index contributed by atoms with van der Waals surface area (Å²) in [6.07, 6.45) is 0. The van der Waals surface area contributed by atoms with Gasteiger partial charge in [0.25, 0.3) is 0 Å². The first-order valence-electron chi connectivity index (χ1n) is 5.76. The maximum Gasteiger partial charge on any atom is 0.231 e. The fraction of sp³-hybridized carbons (Fsp3) is 0.500. The fourth-order valence-corrected chi connectivity index (χ4v) is 2.64. The number of furan rings is 1. The number of likely N-dealkylation sites (tertiary alicyclic amines) is 1. The van der Waals surface area contributed by atoms with E-state index in [4.69, 9.17) is 4.42 Å². The normalized spacial score (nSPS) is 28.5. The van der Waals surface area contributed by atoms with E-state index < -0.39 is 0 Å². The van der Waals surface area contributed by atoms with Crippen LogP contribution in [-0.2, 0) is 16.1 Å². The van der Waals surface area contributed by atoms with E-state index in [0.717, 1.165) is 11.5 Å². The second kappa shape index (κ2) is 3.70. The van der Waals surface area contributed by atoms with Gasteiger partial charge in [-0.2, -0.15) is 0 Å². The van der Waals surface area contributed by atoms with Crippen molar-refractivity contribution in [3.63, 3.8) is 0 Å². The summed E-state index contributed by atoms with van der Waals surface area (Å²) in [5.41, 5.74) is 0. The van der Waals surface area contributed by atoms with E-state index in [0.29, 0.717) is 19.6 Å². The molecular weight excluding hydrogens is 220 g/mol. The molecule has 1 aromatic rings. The molecule has 0 unspecified atom stereocenters. The van der Waals surface area contributed by atoms with E-state index in [1.165, 1.54) is 0 Å². The van der Waals surface area contributed by atoms with Crippen molar-refractivity contribution in [2.24, 2.45) is 11.8 Å². The lowest BCUT2D eigenvalue weighted by molar-refractivity contribution is -0.126. The highest BCUT2D eigenvalue weighted by atomic mass is 16.3. The number of amides is 2. The molecule has 3 heterocycles. The minimum atomic E-state index is -0.168. The number of hydrogen-bond acceptors (Lipinski definition) is 4. The van der Waals surface area contributed by atoms with Gasteiger partial charge in [0.1, 0.15) is 11.5 Å². The second-order valence-electron chi connectivity index (χ2n) is 4.77. The maximum absolute atomic E-state index is 11.5. The Labute approximate surface area is 98.8 Å². The number of imide groups is 1. The molecular formula is C12H14N2O3. The monoisotopic (exact) mass is 234 g/mol. The molecule has 2 atom stereocenters. The molecule has 17 heavy (non-hydrogen) atoms. The summed E-state index contributed by atoms with van der Waals surface area (Å²) in [6.45, 7) is 3.85. The van der Waals surface area contributed by atoms with Gasteiger partial charge < -0.3 is 4.42 Å². The van der Waals surface area contributed by atoms with Crippen LogP contribution >= 0.6 is 0 Å². The van der Waals surface area contributed by atoms with Gasteiger partial charge in [0.2, 0.25) is 11.8 Å². The highest BCUT2D eigenvalue weighted by Crippen LogP contribution is 2.29. The van der Waals surface area contributed by atoms with Crippen molar-refractivity contribution >= 4 is 11.8 Å². The molecule has 2 aliphatic rings. The molecule has 3 rings (SSSR count). The van der Waals surface area contributed by atoms with Crippen LogP contribution in [-0.4, -0.2) is 29.8 Å². The van der Waals surface area contributed by atoms with E-state index in [9.17, 15) is 9.59 Å². The van der Waals surface area contributed by atoms with Gasteiger partial charge in [0.15, 0.2) is 0 Å². The van der Waals surface area contributed by atoms with Crippen molar-refractivity contribution in [3.8, 4) is 0 Å². The van der Waals surface area contributed by atoms with Crippen LogP contribution in [0.2, 0.25) is 0 Å². The van der Waals surface area contributed by atoms with E-state index in [1.54, 1.807) is 0 Å². The summed E-state index contributed by atoms with van der Waals surface area (Å²) in [6, 6.07) is 3.86. The summed E-state index contributed by atoms with van der Waals surface area (Å²) >= 11 is 0. The molecule has 0 spiro atoms. The summed E-state index contributed by atoms with van der Waals surface area (Å²) < 4.78 is 5.49. The Morgan fingerprint density at radius 2 is 1.94 bits per heavy atom. The zero-order chi connectivity index (χ0) is 12.0. The lowest BCUT2D eigenvalue weighted by Crippen LogP contribution is -2.31. The fourth-order valence-electron chi connectivity index (χ4n) is 2.64. The van der Waals surface area contributed by atoms with Crippen LogP contribution in [0.1, 0.15) is 11.5 Å². The molecule has 90 valence electrons. The van der Waals surface area contributed by atoms with Crippen LogP contribution in [0.5, 0.6) is 0 Å². The third-order valence-electron chi connectivity index (χ3n) is 3.49. The lowest BCUT2D eigenvalue weighted by Gasteiger charge is -2.14. The minimum absolute atomic E-state index is 0.127. The van der Waals surface area contributed by atoms with Gasteiger partial charge in [-0.1, -0.05) is 0 Å². The molecule has 0 saturated carbocycles. The number of nitrogens with one attached hydrogen (secondary N) is 1. The van der Waals surface area contributed by atoms with E-state index in [2.05, 4.69) is 10.2 Å². The Morgan fingerprint density at radius 1 is 1.29 bits per heavy atom. The number of nitrogens with zero attached hydrogens (tertiary/aromatic N) is 1. The molecule has 0 radical (unpaired) electrons. The molecule has 2 fully saturated rings.